The minimum Gasteiger partial charge on any atom is -0.505 e. The molecule has 0 heterocycles. The largest absolute Gasteiger partial charge is 0.505 e. The maximum absolute atomic E-state index is 10.8. The van der Waals surface area contributed by atoms with E-state index in [1.165, 1.54) is 6.20 Å². The zero-order chi connectivity index (χ0) is 24.0. The summed E-state index contributed by atoms with van der Waals surface area (Å²) in [6, 6.07) is 14.2. The van der Waals surface area contributed by atoms with Crippen LogP contribution in [0.25, 0.3) is 11.0 Å². The van der Waals surface area contributed by atoms with Crippen molar-refractivity contribution >= 4 is 84.2 Å². The van der Waals surface area contributed by atoms with Crippen molar-refractivity contribution in [3.63, 3.8) is 0 Å². The second-order valence-corrected chi connectivity index (χ2v) is 8.66. The number of thiol groups is 4. The highest BCUT2D eigenvalue weighted by molar-refractivity contribution is 7.90. The van der Waals surface area contributed by atoms with E-state index in [1.807, 2.05) is 31.2 Å². The molecule has 0 unspecified atom stereocenters. The Bertz CT molecular complexity index is 1280. The smallest absolute Gasteiger partial charge is 0.152 e. The Hall–Kier alpha value is -2.66. The third kappa shape index (κ3) is 6.23. The molecule has 0 saturated carbocycles. The fourth-order valence-electron chi connectivity index (χ4n) is 2.79. The first-order valence-corrected chi connectivity index (χ1v) is 11.4. The van der Waals surface area contributed by atoms with Crippen molar-refractivity contribution in [2.24, 2.45) is 26.2 Å². The molecule has 0 bridgehead atoms. The van der Waals surface area contributed by atoms with E-state index in [1.54, 1.807) is 36.4 Å². The molecule has 0 amide bonds. The first-order valence-electron chi connectivity index (χ1n) is 9.62. The second kappa shape index (κ2) is 11.5. The van der Waals surface area contributed by atoms with Gasteiger partial charge >= 0.3 is 0 Å². The van der Waals surface area contributed by atoms with Crippen LogP contribution in [0.2, 0.25) is 0 Å². The SMILES string of the molecule is C/C=C\c1c(/C(S)=C/N)cc(S)c(N=Nc2ccc(N=Nc3ccc(S)cc3)cc2S)c1O. The van der Waals surface area contributed by atoms with Crippen molar-refractivity contribution in [1.82, 2.24) is 0 Å². The van der Waals surface area contributed by atoms with E-state index in [2.05, 4.69) is 71.0 Å². The van der Waals surface area contributed by atoms with Gasteiger partial charge in [-0.05, 0) is 55.5 Å². The first-order chi connectivity index (χ1) is 15.8. The van der Waals surface area contributed by atoms with E-state index in [-0.39, 0.29) is 11.4 Å². The van der Waals surface area contributed by atoms with Gasteiger partial charge in [-0.15, -0.1) is 60.7 Å². The normalized spacial score (nSPS) is 12.5. The Balaban J connectivity index is 1.90. The van der Waals surface area contributed by atoms with Crippen LogP contribution in [0.5, 0.6) is 5.75 Å². The summed E-state index contributed by atoms with van der Waals surface area (Å²) in [4.78, 5) is 2.33. The lowest BCUT2D eigenvalue weighted by atomic mass is 10.0. The molecule has 3 rings (SSSR count). The zero-order valence-corrected chi connectivity index (χ0v) is 21.0. The molecule has 3 aromatic rings. The number of nitrogens with zero attached hydrogens (tertiary/aromatic N) is 4. The number of azo groups is 2. The van der Waals surface area contributed by atoms with Gasteiger partial charge in [0.1, 0.15) is 5.69 Å². The van der Waals surface area contributed by atoms with Crippen LogP contribution in [0.3, 0.4) is 0 Å². The maximum atomic E-state index is 10.8. The summed E-state index contributed by atoms with van der Waals surface area (Å²) in [6.45, 7) is 1.84. The van der Waals surface area contributed by atoms with Gasteiger partial charge in [-0.2, -0.15) is 10.2 Å². The maximum Gasteiger partial charge on any atom is 0.152 e. The van der Waals surface area contributed by atoms with Gasteiger partial charge in [-0.25, -0.2) is 0 Å². The quantitative estimate of drug-likeness (QED) is 0.148. The van der Waals surface area contributed by atoms with Gasteiger partial charge < -0.3 is 10.8 Å². The standard InChI is InChI=1S/C23H21N5OS4/c1-2-3-16-17(21(33)12-24)11-20(32)22(23(16)29)28-27-18-9-6-14(10-19(18)31)26-25-13-4-7-15(30)8-5-13/h2-12,29-33H,24H2,1H3/b3-2-,21-12-,26-25?,28-27?. The number of benzene rings is 3. The van der Waals surface area contributed by atoms with Crippen LogP contribution < -0.4 is 5.73 Å². The summed E-state index contributed by atoms with van der Waals surface area (Å²) in [6.07, 6.45) is 4.88. The molecule has 0 radical (unpaired) electrons. The Morgan fingerprint density at radius 1 is 0.879 bits per heavy atom. The molecule has 10 heteroatoms. The predicted molar refractivity (Wildman–Crippen MR) is 147 cm³/mol. The van der Waals surface area contributed by atoms with Gasteiger partial charge in [0.2, 0.25) is 0 Å². The molecular formula is C23H21N5OS4. The summed E-state index contributed by atoms with van der Waals surface area (Å²) in [5, 5.41) is 27.7. The third-order valence-electron chi connectivity index (χ3n) is 4.41. The molecule has 0 spiro atoms. The molecule has 3 N–H and O–H groups in total. The van der Waals surface area contributed by atoms with Crippen molar-refractivity contribution in [2.75, 3.05) is 0 Å². The Morgan fingerprint density at radius 2 is 1.55 bits per heavy atom. The fourth-order valence-corrected chi connectivity index (χ4v) is 3.66. The van der Waals surface area contributed by atoms with Gasteiger partial charge in [0.25, 0.3) is 0 Å². The highest BCUT2D eigenvalue weighted by Gasteiger charge is 2.16. The second-order valence-electron chi connectivity index (χ2n) is 6.70. The summed E-state index contributed by atoms with van der Waals surface area (Å²) >= 11 is 17.5. The Labute approximate surface area is 214 Å². The highest BCUT2D eigenvalue weighted by Crippen LogP contribution is 2.43. The number of rotatable bonds is 6. The third-order valence-corrected chi connectivity index (χ3v) is 5.80. The summed E-state index contributed by atoms with van der Waals surface area (Å²) in [5.74, 6) is -0.0777. The molecule has 6 nitrogen and oxygen atoms in total. The van der Waals surface area contributed by atoms with Crippen molar-refractivity contribution in [2.45, 2.75) is 21.6 Å². The van der Waals surface area contributed by atoms with E-state index in [0.29, 0.717) is 42.9 Å². The van der Waals surface area contributed by atoms with Crippen LogP contribution in [0, 0.1) is 0 Å². The van der Waals surface area contributed by atoms with E-state index < -0.39 is 0 Å². The minimum atomic E-state index is -0.0777. The summed E-state index contributed by atoms with van der Waals surface area (Å²) < 4.78 is 0. The Kier molecular flexibility index (Phi) is 8.67. The molecule has 0 fully saturated rings. The van der Waals surface area contributed by atoms with Gasteiger partial charge in [0.05, 0.1) is 17.1 Å². The number of nitrogens with two attached hydrogens (primary N) is 1. The molecule has 0 aliphatic carbocycles. The molecular weight excluding hydrogens is 491 g/mol. The van der Waals surface area contributed by atoms with Crippen LogP contribution in [0.1, 0.15) is 18.1 Å². The van der Waals surface area contributed by atoms with Gasteiger partial charge in [0.15, 0.2) is 5.75 Å². The summed E-state index contributed by atoms with van der Waals surface area (Å²) in [7, 11) is 0. The molecule has 168 valence electrons. The molecule has 3 aromatic carbocycles. The number of allylic oxidation sites excluding steroid dienone is 1. The number of hydrogen-bond acceptors (Lipinski definition) is 10. The van der Waals surface area contributed by atoms with Crippen LogP contribution in [-0.2, 0) is 0 Å². The molecule has 0 aromatic heterocycles. The zero-order valence-electron chi connectivity index (χ0n) is 17.5. The number of phenolic OH excluding ortho intramolecular Hbond substituents is 1. The lowest BCUT2D eigenvalue weighted by molar-refractivity contribution is 0.473. The molecule has 0 aliphatic rings. The van der Waals surface area contributed by atoms with E-state index in [4.69, 9.17) is 5.73 Å². The lowest BCUT2D eigenvalue weighted by Crippen LogP contribution is -1.90. The average molecular weight is 512 g/mol. The average Bonchev–Trinajstić information content (AvgIpc) is 2.80. The summed E-state index contributed by atoms with van der Waals surface area (Å²) in [5.41, 5.74) is 8.79. The van der Waals surface area contributed by atoms with Gasteiger partial charge in [-0.3, -0.25) is 0 Å². The molecule has 33 heavy (non-hydrogen) atoms. The Morgan fingerprint density at radius 3 is 2.18 bits per heavy atom. The predicted octanol–water partition coefficient (Wildman–Crippen LogP) is 8.31. The number of phenols is 1. The number of aromatic hydroxyl groups is 1. The molecule has 0 atom stereocenters. The van der Waals surface area contributed by atoms with Crippen LogP contribution in [0.15, 0.2) is 96.0 Å². The molecule has 0 aliphatic heterocycles. The highest BCUT2D eigenvalue weighted by atomic mass is 32.1. The van der Waals surface area contributed by atoms with Crippen molar-refractivity contribution in [3.05, 3.63) is 71.9 Å². The topological polar surface area (TPSA) is 95.7 Å². The first kappa shape index (κ1) is 25.0. The van der Waals surface area contributed by atoms with Crippen LogP contribution >= 0.6 is 50.5 Å². The monoisotopic (exact) mass is 511 g/mol. The van der Waals surface area contributed by atoms with E-state index >= 15 is 0 Å². The van der Waals surface area contributed by atoms with Crippen LogP contribution in [-0.4, -0.2) is 5.11 Å². The van der Waals surface area contributed by atoms with Crippen LogP contribution in [0.4, 0.5) is 22.7 Å². The van der Waals surface area contributed by atoms with Crippen molar-refractivity contribution in [3.8, 4) is 5.75 Å². The minimum absolute atomic E-state index is 0.0777. The molecule has 0 saturated heterocycles. The van der Waals surface area contributed by atoms with Crippen molar-refractivity contribution in [1.29, 1.82) is 0 Å². The van der Waals surface area contributed by atoms with E-state index in [9.17, 15) is 5.11 Å². The van der Waals surface area contributed by atoms with Crippen molar-refractivity contribution < 1.29 is 5.11 Å². The fraction of sp³-hybridized carbons (Fsp3) is 0.0435. The lowest BCUT2D eigenvalue weighted by Gasteiger charge is -2.12. The number of hydrogen-bond donors (Lipinski definition) is 6. The van der Waals surface area contributed by atoms with Gasteiger partial charge in [-0.1, -0.05) is 12.2 Å². The van der Waals surface area contributed by atoms with E-state index in [0.717, 1.165) is 4.90 Å². The van der Waals surface area contributed by atoms with Gasteiger partial charge in [0, 0.05) is 36.9 Å².